The number of aromatic nitrogens is 3. The number of rotatable bonds is 6. The van der Waals surface area contributed by atoms with Crippen molar-refractivity contribution in [2.45, 2.75) is 26.7 Å². The molecule has 1 N–H and O–H groups in total. The predicted octanol–water partition coefficient (Wildman–Crippen LogP) is 1.79. The monoisotopic (exact) mass is 248 g/mol. The van der Waals surface area contributed by atoms with Crippen molar-refractivity contribution in [1.29, 1.82) is 0 Å². The summed E-state index contributed by atoms with van der Waals surface area (Å²) in [4.78, 5) is 4.29. The maximum atomic E-state index is 5.74. The highest BCUT2D eigenvalue weighted by molar-refractivity contribution is 5.51. The lowest BCUT2D eigenvalue weighted by Gasteiger charge is -1.98. The summed E-state index contributed by atoms with van der Waals surface area (Å²) < 4.78 is 7.58. The molecule has 98 valence electrons. The highest BCUT2D eigenvalue weighted by Gasteiger charge is 2.11. The molecule has 0 unspecified atom stereocenters. The minimum atomic E-state index is 0.769. The zero-order valence-corrected chi connectivity index (χ0v) is 11.2. The Morgan fingerprint density at radius 2 is 2.22 bits per heavy atom. The minimum Gasteiger partial charge on any atom is -0.439 e. The first kappa shape index (κ1) is 12.8. The molecule has 0 radical (unpaired) electrons. The van der Waals surface area contributed by atoms with Gasteiger partial charge in [-0.2, -0.15) is 5.10 Å². The van der Waals surface area contributed by atoms with Gasteiger partial charge in [-0.15, -0.1) is 0 Å². The SMILES string of the molecule is CCNCCc1ncc(-c2cc(CC)nn2C)o1. The van der Waals surface area contributed by atoms with Crippen molar-refractivity contribution in [3.8, 4) is 11.5 Å². The van der Waals surface area contributed by atoms with E-state index in [-0.39, 0.29) is 0 Å². The third-order valence-electron chi connectivity index (χ3n) is 2.86. The van der Waals surface area contributed by atoms with Gasteiger partial charge < -0.3 is 9.73 Å². The summed E-state index contributed by atoms with van der Waals surface area (Å²) in [5.74, 6) is 1.56. The fourth-order valence-corrected chi connectivity index (χ4v) is 1.85. The Hall–Kier alpha value is -1.62. The summed E-state index contributed by atoms with van der Waals surface area (Å²) in [7, 11) is 1.93. The largest absolute Gasteiger partial charge is 0.439 e. The Balaban J connectivity index is 2.11. The van der Waals surface area contributed by atoms with Crippen molar-refractivity contribution in [3.05, 3.63) is 23.8 Å². The minimum absolute atomic E-state index is 0.769. The van der Waals surface area contributed by atoms with Crippen LogP contribution in [0.5, 0.6) is 0 Å². The van der Waals surface area contributed by atoms with E-state index in [0.29, 0.717) is 0 Å². The van der Waals surface area contributed by atoms with Crippen LogP contribution in [0.25, 0.3) is 11.5 Å². The summed E-state index contributed by atoms with van der Waals surface area (Å²) in [5, 5.41) is 7.66. The second kappa shape index (κ2) is 5.82. The van der Waals surface area contributed by atoms with Gasteiger partial charge >= 0.3 is 0 Å². The van der Waals surface area contributed by atoms with E-state index in [1.165, 1.54) is 0 Å². The predicted molar refractivity (Wildman–Crippen MR) is 70.3 cm³/mol. The van der Waals surface area contributed by atoms with E-state index in [4.69, 9.17) is 4.42 Å². The fraction of sp³-hybridized carbons (Fsp3) is 0.538. The normalized spacial score (nSPS) is 11.1. The van der Waals surface area contributed by atoms with Gasteiger partial charge in [0.15, 0.2) is 11.7 Å². The third kappa shape index (κ3) is 2.79. The molecule has 0 amide bonds. The number of oxazole rings is 1. The highest BCUT2D eigenvalue weighted by atomic mass is 16.4. The van der Waals surface area contributed by atoms with Gasteiger partial charge in [0.25, 0.3) is 0 Å². The summed E-state index contributed by atoms with van der Waals surface area (Å²) >= 11 is 0. The Morgan fingerprint density at radius 1 is 1.39 bits per heavy atom. The molecule has 0 aliphatic heterocycles. The smallest absolute Gasteiger partial charge is 0.196 e. The molecule has 0 aromatic carbocycles. The average Bonchev–Trinajstić information content (AvgIpc) is 2.96. The van der Waals surface area contributed by atoms with Crippen LogP contribution in [0, 0.1) is 0 Å². The van der Waals surface area contributed by atoms with Gasteiger partial charge in [-0.1, -0.05) is 13.8 Å². The van der Waals surface area contributed by atoms with Crippen molar-refractivity contribution in [2.75, 3.05) is 13.1 Å². The van der Waals surface area contributed by atoms with Gasteiger partial charge in [0.1, 0.15) is 5.69 Å². The van der Waals surface area contributed by atoms with Crippen LogP contribution in [-0.4, -0.2) is 27.9 Å². The molecular weight excluding hydrogens is 228 g/mol. The van der Waals surface area contributed by atoms with E-state index >= 15 is 0 Å². The molecule has 18 heavy (non-hydrogen) atoms. The first-order valence-corrected chi connectivity index (χ1v) is 6.43. The molecule has 0 aliphatic carbocycles. The maximum absolute atomic E-state index is 5.74. The van der Waals surface area contributed by atoms with Gasteiger partial charge in [-0.25, -0.2) is 4.98 Å². The zero-order valence-electron chi connectivity index (χ0n) is 11.2. The number of aryl methyl sites for hydroxylation is 2. The molecule has 0 aliphatic rings. The molecule has 2 aromatic rings. The van der Waals surface area contributed by atoms with E-state index < -0.39 is 0 Å². The molecule has 0 atom stereocenters. The lowest BCUT2D eigenvalue weighted by Crippen LogP contribution is -2.16. The van der Waals surface area contributed by atoms with Gasteiger partial charge in [-0.3, -0.25) is 4.68 Å². The zero-order chi connectivity index (χ0) is 13.0. The van der Waals surface area contributed by atoms with E-state index in [0.717, 1.165) is 49.0 Å². The summed E-state index contributed by atoms with van der Waals surface area (Å²) in [5.41, 5.74) is 2.05. The molecule has 5 nitrogen and oxygen atoms in total. The van der Waals surface area contributed by atoms with Crippen LogP contribution >= 0.6 is 0 Å². The molecule has 2 aromatic heterocycles. The van der Waals surface area contributed by atoms with Gasteiger partial charge in [0.05, 0.1) is 11.9 Å². The fourth-order valence-electron chi connectivity index (χ4n) is 1.85. The number of hydrogen-bond acceptors (Lipinski definition) is 4. The van der Waals surface area contributed by atoms with Crippen LogP contribution in [-0.2, 0) is 19.9 Å². The summed E-state index contributed by atoms with van der Waals surface area (Å²) in [6.07, 6.45) is 3.51. The molecule has 0 fully saturated rings. The average molecular weight is 248 g/mol. The second-order valence-corrected chi connectivity index (χ2v) is 4.22. The molecule has 5 heteroatoms. The van der Waals surface area contributed by atoms with Crippen LogP contribution in [0.1, 0.15) is 25.4 Å². The van der Waals surface area contributed by atoms with E-state index in [1.54, 1.807) is 6.20 Å². The molecule has 2 heterocycles. The van der Waals surface area contributed by atoms with Crippen LogP contribution < -0.4 is 5.32 Å². The highest BCUT2D eigenvalue weighted by Crippen LogP contribution is 2.21. The summed E-state index contributed by atoms with van der Waals surface area (Å²) in [6.45, 7) is 6.04. The first-order valence-electron chi connectivity index (χ1n) is 6.43. The first-order chi connectivity index (χ1) is 8.74. The lowest BCUT2D eigenvalue weighted by molar-refractivity contribution is 0.493. The van der Waals surface area contributed by atoms with E-state index in [2.05, 4.69) is 35.3 Å². The number of nitrogens with one attached hydrogen (secondary N) is 1. The Bertz CT molecular complexity index is 501. The number of likely N-dealkylation sites (N-methyl/N-ethyl adjacent to an activating group) is 1. The van der Waals surface area contributed by atoms with Crippen molar-refractivity contribution >= 4 is 0 Å². The molecule has 0 saturated carbocycles. The van der Waals surface area contributed by atoms with E-state index in [1.807, 2.05) is 11.7 Å². The topological polar surface area (TPSA) is 55.9 Å². The number of nitrogens with zero attached hydrogens (tertiary/aromatic N) is 3. The Kier molecular flexibility index (Phi) is 4.15. The van der Waals surface area contributed by atoms with Crippen molar-refractivity contribution in [1.82, 2.24) is 20.1 Å². The molecule has 0 saturated heterocycles. The second-order valence-electron chi connectivity index (χ2n) is 4.22. The van der Waals surface area contributed by atoms with E-state index in [9.17, 15) is 0 Å². The van der Waals surface area contributed by atoms with Crippen molar-refractivity contribution < 1.29 is 4.42 Å². The van der Waals surface area contributed by atoms with Crippen LogP contribution in [0.3, 0.4) is 0 Å². The van der Waals surface area contributed by atoms with Crippen molar-refractivity contribution in [3.63, 3.8) is 0 Å². The molecule has 0 spiro atoms. The van der Waals surface area contributed by atoms with Crippen LogP contribution in [0.2, 0.25) is 0 Å². The molecule has 2 rings (SSSR count). The quantitative estimate of drug-likeness (QED) is 0.792. The van der Waals surface area contributed by atoms with Crippen LogP contribution in [0.15, 0.2) is 16.7 Å². The molecular formula is C13H20N4O. The standard InChI is InChI=1S/C13H20N4O/c1-4-10-8-11(17(3)16-10)12-9-15-13(18-12)6-7-14-5-2/h8-9,14H,4-7H2,1-3H3. The maximum Gasteiger partial charge on any atom is 0.196 e. The van der Waals surface area contributed by atoms with Gasteiger partial charge in [0.2, 0.25) is 0 Å². The van der Waals surface area contributed by atoms with Gasteiger partial charge in [-0.05, 0) is 19.0 Å². The third-order valence-corrected chi connectivity index (χ3v) is 2.86. The Labute approximate surface area is 107 Å². The van der Waals surface area contributed by atoms with Crippen LogP contribution in [0.4, 0.5) is 0 Å². The van der Waals surface area contributed by atoms with Gasteiger partial charge in [0, 0.05) is 20.0 Å². The number of hydrogen-bond donors (Lipinski definition) is 1. The Morgan fingerprint density at radius 3 is 2.89 bits per heavy atom. The lowest BCUT2D eigenvalue weighted by atomic mass is 10.3. The van der Waals surface area contributed by atoms with Crippen molar-refractivity contribution in [2.24, 2.45) is 7.05 Å². The molecule has 0 bridgehead atoms. The summed E-state index contributed by atoms with van der Waals surface area (Å²) in [6, 6.07) is 2.05.